The molecule has 192 valence electrons. The summed E-state index contributed by atoms with van der Waals surface area (Å²) in [6.45, 7) is 6.50. The van der Waals surface area contributed by atoms with Crippen LogP contribution in [0, 0.1) is 0 Å². The summed E-state index contributed by atoms with van der Waals surface area (Å²) in [7, 11) is 0. The Bertz CT molecular complexity index is 1030. The molecular formula is C26H32N4O6. The van der Waals surface area contributed by atoms with E-state index >= 15 is 0 Å². The second-order valence-corrected chi connectivity index (χ2v) is 8.15. The van der Waals surface area contributed by atoms with E-state index in [4.69, 9.17) is 9.47 Å². The van der Waals surface area contributed by atoms with Crippen molar-refractivity contribution in [1.29, 1.82) is 0 Å². The fraction of sp³-hybridized carbons (Fsp3) is 0.385. The maximum Gasteiger partial charge on any atom is 0.302 e. The highest BCUT2D eigenvalue weighted by Crippen LogP contribution is 2.36. The second-order valence-electron chi connectivity index (χ2n) is 8.15. The van der Waals surface area contributed by atoms with Gasteiger partial charge >= 0.3 is 11.9 Å². The largest absolute Gasteiger partial charge is 0.465 e. The molecule has 2 aromatic rings. The molecule has 36 heavy (non-hydrogen) atoms. The molecule has 0 bridgehead atoms. The van der Waals surface area contributed by atoms with Crippen LogP contribution in [0.5, 0.6) is 0 Å². The average Bonchev–Trinajstić information content (AvgIpc) is 2.86. The summed E-state index contributed by atoms with van der Waals surface area (Å²) in [5.41, 5.74) is 2.66. The van der Waals surface area contributed by atoms with Gasteiger partial charge in [-0.2, -0.15) is 0 Å². The summed E-state index contributed by atoms with van der Waals surface area (Å²) in [4.78, 5) is 48.5. The van der Waals surface area contributed by atoms with E-state index in [2.05, 4.69) is 21.3 Å². The van der Waals surface area contributed by atoms with Crippen molar-refractivity contribution in [2.24, 2.45) is 0 Å². The van der Waals surface area contributed by atoms with Gasteiger partial charge in [-0.15, -0.1) is 0 Å². The highest BCUT2D eigenvalue weighted by molar-refractivity contribution is 6.31. The van der Waals surface area contributed by atoms with Crippen molar-refractivity contribution in [3.63, 3.8) is 0 Å². The Kier molecular flexibility index (Phi) is 9.96. The number of esters is 2. The van der Waals surface area contributed by atoms with E-state index in [1.807, 2.05) is 0 Å². The van der Waals surface area contributed by atoms with Crippen molar-refractivity contribution in [1.82, 2.24) is 10.6 Å². The number of hydrogen-bond donors (Lipinski definition) is 4. The first-order valence-electron chi connectivity index (χ1n) is 11.9. The van der Waals surface area contributed by atoms with Crippen molar-refractivity contribution in [2.45, 2.75) is 13.8 Å². The molecule has 1 aliphatic carbocycles. The summed E-state index contributed by atoms with van der Waals surface area (Å²) in [6.07, 6.45) is 0. The first-order valence-corrected chi connectivity index (χ1v) is 11.9. The summed E-state index contributed by atoms with van der Waals surface area (Å²) in [5.74, 6) is -1.05. The smallest absolute Gasteiger partial charge is 0.302 e. The molecule has 3 rings (SSSR count). The minimum Gasteiger partial charge on any atom is -0.465 e. The van der Waals surface area contributed by atoms with Crippen LogP contribution in [0.25, 0.3) is 0 Å². The minimum atomic E-state index is -0.323. The van der Waals surface area contributed by atoms with Crippen LogP contribution in [-0.4, -0.2) is 76.0 Å². The molecule has 0 heterocycles. The number of ketones is 2. The number of ether oxygens (including phenoxy) is 2. The Hall–Kier alpha value is -3.76. The topological polar surface area (TPSA) is 135 Å². The van der Waals surface area contributed by atoms with E-state index in [-0.39, 0.29) is 36.7 Å². The fourth-order valence-corrected chi connectivity index (χ4v) is 3.87. The van der Waals surface area contributed by atoms with E-state index in [0.717, 1.165) is 0 Å². The normalized spacial score (nSPS) is 11.9. The molecule has 0 aliphatic heterocycles. The molecule has 2 aromatic carbocycles. The third-order valence-electron chi connectivity index (χ3n) is 5.48. The Morgan fingerprint density at radius 3 is 1.44 bits per heavy atom. The molecule has 0 saturated carbocycles. The zero-order valence-electron chi connectivity index (χ0n) is 20.6. The lowest BCUT2D eigenvalue weighted by atomic mass is 9.82. The number of fused-ring (bicyclic) bond motifs is 2. The molecule has 10 nitrogen and oxygen atoms in total. The maximum atomic E-state index is 13.4. The first kappa shape index (κ1) is 26.8. The number of benzene rings is 2. The number of hydrogen-bond acceptors (Lipinski definition) is 10. The number of anilines is 2. The van der Waals surface area contributed by atoms with E-state index in [9.17, 15) is 19.2 Å². The highest BCUT2D eigenvalue weighted by Gasteiger charge is 2.33. The monoisotopic (exact) mass is 496 g/mol. The lowest BCUT2D eigenvalue weighted by Crippen LogP contribution is -2.29. The van der Waals surface area contributed by atoms with Crippen LogP contribution in [0.3, 0.4) is 0 Å². The standard InChI is InChI=1S/C26H32N4O6/c1-17(31)35-15-13-27-9-11-29-21-7-8-22(30-12-10-28-14-16-36-18(2)32)24-23(21)25(33)19-5-3-4-6-20(19)26(24)34/h3-8,27-30H,9-16H2,1-2H3. The lowest BCUT2D eigenvalue weighted by molar-refractivity contribution is -0.141. The Balaban J connectivity index is 1.68. The van der Waals surface area contributed by atoms with Gasteiger partial charge in [0, 0.05) is 75.6 Å². The molecule has 0 atom stereocenters. The van der Waals surface area contributed by atoms with Crippen molar-refractivity contribution in [3.05, 3.63) is 58.7 Å². The summed E-state index contributed by atoms with van der Waals surface area (Å²) in [6, 6.07) is 10.4. The highest BCUT2D eigenvalue weighted by atomic mass is 16.5. The van der Waals surface area contributed by atoms with Gasteiger partial charge in [-0.1, -0.05) is 24.3 Å². The van der Waals surface area contributed by atoms with Crippen LogP contribution in [0.1, 0.15) is 45.7 Å². The van der Waals surface area contributed by atoms with Crippen molar-refractivity contribution >= 4 is 34.9 Å². The zero-order chi connectivity index (χ0) is 25.9. The Labute approximate surface area is 210 Å². The molecular weight excluding hydrogens is 464 g/mol. The molecule has 4 N–H and O–H groups in total. The van der Waals surface area contributed by atoms with Gasteiger partial charge in [0.15, 0.2) is 11.6 Å². The minimum absolute atomic E-state index is 0.200. The van der Waals surface area contributed by atoms with E-state index in [1.54, 1.807) is 36.4 Å². The van der Waals surface area contributed by atoms with Gasteiger partial charge in [-0.25, -0.2) is 0 Å². The predicted molar refractivity (Wildman–Crippen MR) is 136 cm³/mol. The second kappa shape index (κ2) is 13.4. The summed E-state index contributed by atoms with van der Waals surface area (Å²) < 4.78 is 9.77. The number of carbonyl (C=O) groups is 4. The molecule has 0 unspecified atom stereocenters. The molecule has 0 amide bonds. The molecule has 10 heteroatoms. The van der Waals surface area contributed by atoms with E-state index in [0.29, 0.717) is 72.9 Å². The number of rotatable bonds is 14. The summed E-state index contributed by atoms with van der Waals surface area (Å²) in [5, 5.41) is 12.8. The number of carbonyl (C=O) groups excluding carboxylic acids is 4. The van der Waals surface area contributed by atoms with Crippen molar-refractivity contribution < 1.29 is 28.7 Å². The average molecular weight is 497 g/mol. The number of nitrogens with one attached hydrogen (secondary N) is 4. The van der Waals surface area contributed by atoms with Crippen LogP contribution in [0.4, 0.5) is 11.4 Å². The van der Waals surface area contributed by atoms with Gasteiger partial charge < -0.3 is 30.7 Å². The molecule has 0 radical (unpaired) electrons. The zero-order valence-corrected chi connectivity index (χ0v) is 20.6. The van der Waals surface area contributed by atoms with Crippen LogP contribution in [0.2, 0.25) is 0 Å². The van der Waals surface area contributed by atoms with Gasteiger partial charge in [0.1, 0.15) is 13.2 Å². The molecule has 0 saturated heterocycles. The van der Waals surface area contributed by atoms with E-state index in [1.165, 1.54) is 13.8 Å². The third kappa shape index (κ3) is 7.12. The van der Waals surface area contributed by atoms with Crippen LogP contribution in [0.15, 0.2) is 36.4 Å². The first-order chi connectivity index (χ1) is 17.4. The van der Waals surface area contributed by atoms with Crippen molar-refractivity contribution in [3.8, 4) is 0 Å². The fourth-order valence-electron chi connectivity index (χ4n) is 3.87. The van der Waals surface area contributed by atoms with E-state index < -0.39 is 0 Å². The predicted octanol–water partition coefficient (Wildman–Crippen LogP) is 1.59. The van der Waals surface area contributed by atoms with Gasteiger partial charge in [0.2, 0.25) is 0 Å². The van der Waals surface area contributed by atoms with Gasteiger partial charge in [-0.05, 0) is 12.1 Å². The Morgan fingerprint density at radius 1 is 0.639 bits per heavy atom. The van der Waals surface area contributed by atoms with Crippen LogP contribution < -0.4 is 21.3 Å². The van der Waals surface area contributed by atoms with Crippen LogP contribution >= 0.6 is 0 Å². The Morgan fingerprint density at radius 2 is 1.06 bits per heavy atom. The molecule has 0 fully saturated rings. The molecule has 0 spiro atoms. The van der Waals surface area contributed by atoms with Gasteiger partial charge in [0.05, 0.1) is 11.1 Å². The SMILES string of the molecule is CC(=O)OCCNCCNc1ccc(NCCNCCOC(C)=O)c2c1C(=O)c1ccccc1C2=O. The maximum absolute atomic E-state index is 13.4. The van der Waals surface area contributed by atoms with Crippen molar-refractivity contribution in [2.75, 3.05) is 63.1 Å². The summed E-state index contributed by atoms with van der Waals surface area (Å²) >= 11 is 0. The van der Waals surface area contributed by atoms with Crippen LogP contribution in [-0.2, 0) is 19.1 Å². The third-order valence-corrected chi connectivity index (χ3v) is 5.48. The molecule has 0 aromatic heterocycles. The van der Waals surface area contributed by atoms with Gasteiger partial charge in [-0.3, -0.25) is 19.2 Å². The van der Waals surface area contributed by atoms with Gasteiger partial charge in [0.25, 0.3) is 0 Å². The molecule has 1 aliphatic rings. The lowest BCUT2D eigenvalue weighted by Gasteiger charge is -2.24. The quantitative estimate of drug-likeness (QED) is 0.192.